The van der Waals surface area contributed by atoms with Crippen LogP contribution in [0.25, 0.3) is 0 Å². The van der Waals surface area contributed by atoms with Crippen LogP contribution in [0.2, 0.25) is 0 Å². The fraction of sp³-hybridized carbons (Fsp3) is 0.692. The van der Waals surface area contributed by atoms with Crippen molar-refractivity contribution in [3.63, 3.8) is 0 Å². The summed E-state index contributed by atoms with van der Waals surface area (Å²) in [6.45, 7) is 4.62. The molecule has 2 rings (SSSR count). The van der Waals surface area contributed by atoms with Crippen LogP contribution >= 0.6 is 0 Å². The van der Waals surface area contributed by atoms with Gasteiger partial charge in [-0.05, 0) is 31.4 Å². The number of rotatable bonds is 5. The van der Waals surface area contributed by atoms with E-state index >= 15 is 0 Å². The van der Waals surface area contributed by atoms with E-state index in [2.05, 4.69) is 22.7 Å². The second-order valence-corrected chi connectivity index (χ2v) is 5.00. The summed E-state index contributed by atoms with van der Waals surface area (Å²) in [5.41, 5.74) is 0. The van der Waals surface area contributed by atoms with Crippen molar-refractivity contribution in [3.8, 4) is 0 Å². The van der Waals surface area contributed by atoms with Crippen molar-refractivity contribution < 1.29 is 4.79 Å². The molecule has 1 amide bonds. The molecule has 2 heterocycles. The molecule has 2 atom stereocenters. The number of nitrogens with zero attached hydrogens (tertiary/aromatic N) is 2. The Morgan fingerprint density at radius 1 is 1.61 bits per heavy atom. The Balaban J connectivity index is 1.65. The normalized spacial score (nSPS) is 23.8. The predicted octanol–water partition coefficient (Wildman–Crippen LogP) is 0.777. The fourth-order valence-electron chi connectivity index (χ4n) is 2.40. The number of hydrogen-bond donors (Lipinski definition) is 2. The van der Waals surface area contributed by atoms with E-state index in [0.29, 0.717) is 24.9 Å². The van der Waals surface area contributed by atoms with E-state index in [1.165, 1.54) is 12.8 Å². The summed E-state index contributed by atoms with van der Waals surface area (Å²) in [6.07, 6.45) is 6.67. The Hall–Kier alpha value is -1.36. The van der Waals surface area contributed by atoms with Crippen LogP contribution < -0.4 is 10.6 Å². The molecule has 0 spiro atoms. The number of carbonyl (C=O) groups excluding carboxylic acids is 1. The third-order valence-electron chi connectivity index (χ3n) is 3.56. The predicted molar refractivity (Wildman–Crippen MR) is 70.0 cm³/mol. The molecule has 0 aromatic carbocycles. The summed E-state index contributed by atoms with van der Waals surface area (Å²) in [5, 5.41) is 10.5. The minimum atomic E-state index is 0.133. The minimum Gasteiger partial charge on any atom is -0.354 e. The van der Waals surface area contributed by atoms with Crippen LogP contribution in [0.3, 0.4) is 0 Å². The fourth-order valence-corrected chi connectivity index (χ4v) is 2.40. The molecule has 18 heavy (non-hydrogen) atoms. The van der Waals surface area contributed by atoms with E-state index in [1.807, 2.05) is 16.9 Å². The van der Waals surface area contributed by atoms with Gasteiger partial charge in [-0.25, -0.2) is 0 Å². The number of carbonyl (C=O) groups is 1. The molecule has 1 aromatic heterocycles. The molecule has 2 unspecified atom stereocenters. The number of nitrogens with one attached hydrogen (secondary N) is 2. The second-order valence-electron chi connectivity index (χ2n) is 5.00. The lowest BCUT2D eigenvalue weighted by Gasteiger charge is -2.29. The first-order valence-corrected chi connectivity index (χ1v) is 6.73. The van der Waals surface area contributed by atoms with Gasteiger partial charge in [-0.3, -0.25) is 9.48 Å². The lowest BCUT2D eigenvalue weighted by molar-refractivity contribution is -0.122. The zero-order valence-corrected chi connectivity index (χ0v) is 10.9. The van der Waals surface area contributed by atoms with E-state index in [0.717, 1.165) is 13.1 Å². The van der Waals surface area contributed by atoms with E-state index in [1.54, 1.807) is 6.20 Å². The highest BCUT2D eigenvalue weighted by Crippen LogP contribution is 2.17. The summed E-state index contributed by atoms with van der Waals surface area (Å²) in [6, 6.07) is 2.22. The van der Waals surface area contributed by atoms with Gasteiger partial charge in [0.15, 0.2) is 0 Å². The summed E-state index contributed by atoms with van der Waals surface area (Å²) < 4.78 is 1.82. The SMILES string of the molecule is CC1CCCNC1CC(=O)NCCn1cccn1. The summed E-state index contributed by atoms with van der Waals surface area (Å²) in [7, 11) is 0. The first-order chi connectivity index (χ1) is 8.75. The number of piperidine rings is 1. The molecule has 5 nitrogen and oxygen atoms in total. The largest absolute Gasteiger partial charge is 0.354 e. The average molecular weight is 250 g/mol. The summed E-state index contributed by atoms with van der Waals surface area (Å²) >= 11 is 0. The van der Waals surface area contributed by atoms with E-state index < -0.39 is 0 Å². The Morgan fingerprint density at radius 3 is 3.22 bits per heavy atom. The molecule has 1 fully saturated rings. The van der Waals surface area contributed by atoms with Crippen LogP contribution in [0, 0.1) is 5.92 Å². The van der Waals surface area contributed by atoms with Crippen LogP contribution in [0.15, 0.2) is 18.5 Å². The average Bonchev–Trinajstić information content (AvgIpc) is 2.85. The Morgan fingerprint density at radius 2 is 2.50 bits per heavy atom. The Labute approximate surface area is 108 Å². The van der Waals surface area contributed by atoms with Gasteiger partial charge in [-0.15, -0.1) is 0 Å². The van der Waals surface area contributed by atoms with E-state index in [-0.39, 0.29) is 5.91 Å². The molecular formula is C13H22N4O. The molecule has 5 heteroatoms. The number of aromatic nitrogens is 2. The van der Waals surface area contributed by atoms with Crippen molar-refractivity contribution in [2.45, 2.75) is 38.8 Å². The van der Waals surface area contributed by atoms with E-state index in [4.69, 9.17) is 0 Å². The lowest BCUT2D eigenvalue weighted by atomic mass is 9.90. The smallest absolute Gasteiger partial charge is 0.221 e. The topological polar surface area (TPSA) is 59.0 Å². The van der Waals surface area contributed by atoms with Gasteiger partial charge < -0.3 is 10.6 Å². The van der Waals surface area contributed by atoms with Crippen LogP contribution in [0.5, 0.6) is 0 Å². The third kappa shape index (κ3) is 3.84. The maximum absolute atomic E-state index is 11.8. The van der Waals surface area contributed by atoms with Gasteiger partial charge in [-0.1, -0.05) is 6.92 Å². The third-order valence-corrected chi connectivity index (χ3v) is 3.56. The maximum atomic E-state index is 11.8. The molecular weight excluding hydrogens is 228 g/mol. The van der Waals surface area contributed by atoms with Crippen molar-refractivity contribution in [1.29, 1.82) is 0 Å². The van der Waals surface area contributed by atoms with Gasteiger partial charge >= 0.3 is 0 Å². The monoisotopic (exact) mass is 250 g/mol. The molecule has 1 aromatic rings. The molecule has 0 saturated carbocycles. The van der Waals surface area contributed by atoms with Gasteiger partial charge in [0, 0.05) is 31.4 Å². The van der Waals surface area contributed by atoms with E-state index in [9.17, 15) is 4.79 Å². The van der Waals surface area contributed by atoms with Crippen LogP contribution in [-0.2, 0) is 11.3 Å². The first-order valence-electron chi connectivity index (χ1n) is 6.73. The number of amides is 1. The summed E-state index contributed by atoms with van der Waals surface area (Å²) in [4.78, 5) is 11.8. The summed E-state index contributed by atoms with van der Waals surface area (Å²) in [5.74, 6) is 0.726. The van der Waals surface area contributed by atoms with Gasteiger partial charge in [-0.2, -0.15) is 5.10 Å². The quantitative estimate of drug-likeness (QED) is 0.812. The molecule has 1 saturated heterocycles. The van der Waals surface area contributed by atoms with Crippen LogP contribution in [0.1, 0.15) is 26.2 Å². The molecule has 2 N–H and O–H groups in total. The van der Waals surface area contributed by atoms with Crippen molar-refractivity contribution in [2.75, 3.05) is 13.1 Å². The maximum Gasteiger partial charge on any atom is 0.221 e. The Bertz CT molecular complexity index is 363. The van der Waals surface area contributed by atoms with Crippen molar-refractivity contribution in [3.05, 3.63) is 18.5 Å². The molecule has 1 aliphatic rings. The zero-order chi connectivity index (χ0) is 12.8. The molecule has 0 radical (unpaired) electrons. The number of hydrogen-bond acceptors (Lipinski definition) is 3. The van der Waals surface area contributed by atoms with Gasteiger partial charge in [0.05, 0.1) is 6.54 Å². The van der Waals surface area contributed by atoms with Crippen molar-refractivity contribution >= 4 is 5.91 Å². The highest BCUT2D eigenvalue weighted by atomic mass is 16.1. The van der Waals surface area contributed by atoms with Crippen molar-refractivity contribution in [1.82, 2.24) is 20.4 Å². The molecule has 1 aliphatic heterocycles. The molecule has 0 bridgehead atoms. The van der Waals surface area contributed by atoms with Gasteiger partial charge in [0.2, 0.25) is 5.91 Å². The highest BCUT2D eigenvalue weighted by Gasteiger charge is 2.22. The first kappa shape index (κ1) is 13.1. The standard InChI is InChI=1S/C13H22N4O/c1-11-4-2-5-14-12(11)10-13(18)15-7-9-17-8-3-6-16-17/h3,6,8,11-12,14H,2,4-5,7,9-10H2,1H3,(H,15,18). The zero-order valence-electron chi connectivity index (χ0n) is 10.9. The van der Waals surface area contributed by atoms with Gasteiger partial charge in [0.25, 0.3) is 0 Å². The highest BCUT2D eigenvalue weighted by molar-refractivity contribution is 5.76. The minimum absolute atomic E-state index is 0.133. The van der Waals surface area contributed by atoms with Gasteiger partial charge in [0.1, 0.15) is 0 Å². The van der Waals surface area contributed by atoms with Crippen molar-refractivity contribution in [2.24, 2.45) is 5.92 Å². The lowest BCUT2D eigenvalue weighted by Crippen LogP contribution is -2.43. The van der Waals surface area contributed by atoms with Crippen LogP contribution in [-0.4, -0.2) is 34.8 Å². The molecule has 0 aliphatic carbocycles. The Kier molecular flexibility index (Phi) is 4.75. The van der Waals surface area contributed by atoms with Crippen LogP contribution in [0.4, 0.5) is 0 Å². The second kappa shape index (κ2) is 6.54. The molecule has 100 valence electrons.